The lowest BCUT2D eigenvalue weighted by molar-refractivity contribution is -0.211. The van der Waals surface area contributed by atoms with E-state index in [2.05, 4.69) is 36.1 Å². The van der Waals surface area contributed by atoms with Gasteiger partial charge >= 0.3 is 0 Å². The predicted molar refractivity (Wildman–Crippen MR) is 149 cm³/mol. The van der Waals surface area contributed by atoms with Crippen LogP contribution in [0.3, 0.4) is 0 Å². The quantitative estimate of drug-likeness (QED) is 0.313. The van der Waals surface area contributed by atoms with Crippen LogP contribution in [0.25, 0.3) is 11.5 Å². The first kappa shape index (κ1) is 25.6. The molecular weight excluding hydrogens is 521 g/mol. The Bertz CT molecular complexity index is 1490. The molecule has 0 atom stereocenters. The van der Waals surface area contributed by atoms with Crippen molar-refractivity contribution < 1.29 is 18.2 Å². The van der Waals surface area contributed by atoms with E-state index in [1.54, 1.807) is 0 Å². The van der Waals surface area contributed by atoms with Gasteiger partial charge in [0.2, 0.25) is 11.8 Å². The van der Waals surface area contributed by atoms with E-state index in [1.807, 2.05) is 29.2 Å². The minimum Gasteiger partial charge on any atom is -0.339 e. The zero-order valence-electron chi connectivity index (χ0n) is 24.2. The number of carbonyl (C=O) groups excluding carboxylic acids is 1. The van der Waals surface area contributed by atoms with Gasteiger partial charge in [0.1, 0.15) is 5.67 Å². The van der Waals surface area contributed by atoms with Crippen molar-refractivity contribution >= 4 is 11.6 Å². The van der Waals surface area contributed by atoms with Gasteiger partial charge in [-0.2, -0.15) is 9.97 Å². The largest absolute Gasteiger partial charge is 0.339 e. The molecule has 8 nitrogen and oxygen atoms in total. The summed E-state index contributed by atoms with van der Waals surface area (Å²) in [7, 11) is 0. The summed E-state index contributed by atoms with van der Waals surface area (Å²) in [6, 6.07) is 7.91. The molecule has 0 saturated heterocycles. The lowest BCUT2D eigenvalue weighted by Gasteiger charge is -2.65. The fraction of sp³-hybridized carbons (Fsp3) is 0.656. The number of amides is 1. The zero-order chi connectivity index (χ0) is 28.3. The van der Waals surface area contributed by atoms with Crippen LogP contribution in [0.1, 0.15) is 115 Å². The fourth-order valence-electron chi connectivity index (χ4n) is 8.02. The van der Waals surface area contributed by atoms with E-state index in [0.29, 0.717) is 37.6 Å². The Morgan fingerprint density at radius 1 is 1.00 bits per heavy atom. The van der Waals surface area contributed by atoms with Gasteiger partial charge in [-0.05, 0) is 94.2 Å². The third-order valence-electron chi connectivity index (χ3n) is 10.9. The highest BCUT2D eigenvalue weighted by Gasteiger charge is 2.73. The summed E-state index contributed by atoms with van der Waals surface area (Å²) in [4.78, 5) is 25.6. The number of nitrogens with zero attached hydrogens (tertiary/aromatic N) is 5. The molecule has 0 unspecified atom stereocenters. The number of hydrogen-bond acceptors (Lipinski definition) is 7. The van der Waals surface area contributed by atoms with Gasteiger partial charge < -0.3 is 13.9 Å². The molecule has 3 aromatic rings. The van der Waals surface area contributed by atoms with Crippen LogP contribution < -0.4 is 4.90 Å². The summed E-state index contributed by atoms with van der Waals surface area (Å²) in [6.07, 6.45) is 9.20. The van der Waals surface area contributed by atoms with Crippen molar-refractivity contribution in [2.24, 2.45) is 10.8 Å². The molecule has 41 heavy (non-hydrogen) atoms. The summed E-state index contributed by atoms with van der Waals surface area (Å²) in [5.41, 5.74) is -0.240. The maximum absolute atomic E-state index is 14.6. The molecule has 7 aliphatic carbocycles. The molecule has 10 rings (SSSR count). The normalized spacial score (nSPS) is 33.8. The van der Waals surface area contributed by atoms with Crippen molar-refractivity contribution in [3.63, 3.8) is 0 Å². The molecule has 7 saturated carbocycles. The van der Waals surface area contributed by atoms with E-state index in [0.717, 1.165) is 80.2 Å². The van der Waals surface area contributed by atoms with Gasteiger partial charge in [-0.1, -0.05) is 37.2 Å². The molecule has 7 fully saturated rings. The van der Waals surface area contributed by atoms with Gasteiger partial charge in [-0.25, -0.2) is 4.39 Å². The van der Waals surface area contributed by atoms with E-state index < -0.39 is 11.1 Å². The lowest BCUT2D eigenvalue weighted by Crippen LogP contribution is -2.71. The SMILES string of the molecule is CC(C)(C)c1noc(C23CCC(CN(C(=O)C45CC(F)(C4)C5)c4cccc(-c5nc(C6CC6)no5)c4)(CC2)CC3)n1. The van der Waals surface area contributed by atoms with Crippen molar-refractivity contribution in [2.45, 2.75) is 114 Å². The molecule has 1 aromatic carbocycles. The first-order valence-electron chi connectivity index (χ1n) is 15.3. The Morgan fingerprint density at radius 3 is 2.32 bits per heavy atom. The van der Waals surface area contributed by atoms with Crippen molar-refractivity contribution in [3.8, 4) is 11.5 Å². The highest BCUT2D eigenvalue weighted by atomic mass is 19.1. The number of carbonyl (C=O) groups is 1. The van der Waals surface area contributed by atoms with Crippen molar-refractivity contribution in [1.82, 2.24) is 20.3 Å². The molecule has 1 amide bonds. The maximum atomic E-state index is 14.6. The van der Waals surface area contributed by atoms with Crippen molar-refractivity contribution in [2.75, 3.05) is 11.4 Å². The van der Waals surface area contributed by atoms with Crippen LogP contribution in [-0.4, -0.2) is 38.4 Å². The zero-order valence-corrected chi connectivity index (χ0v) is 24.2. The van der Waals surface area contributed by atoms with Gasteiger partial charge in [0, 0.05) is 34.5 Å². The highest BCUT2D eigenvalue weighted by Crippen LogP contribution is 2.70. The number of benzene rings is 1. The van der Waals surface area contributed by atoms with Crippen molar-refractivity contribution in [3.05, 3.63) is 41.8 Å². The van der Waals surface area contributed by atoms with Gasteiger partial charge in [0.15, 0.2) is 11.6 Å². The topological polar surface area (TPSA) is 98.2 Å². The van der Waals surface area contributed by atoms with Gasteiger partial charge in [0.05, 0.1) is 5.41 Å². The molecule has 7 aliphatic rings. The Balaban J connectivity index is 1.07. The van der Waals surface area contributed by atoms with Gasteiger partial charge in [0.25, 0.3) is 5.89 Å². The summed E-state index contributed by atoms with van der Waals surface area (Å²) >= 11 is 0. The average Bonchev–Trinajstić information content (AvgIpc) is 3.43. The number of halogens is 1. The predicted octanol–water partition coefficient (Wildman–Crippen LogP) is 6.81. The Kier molecular flexibility index (Phi) is 5.15. The van der Waals surface area contributed by atoms with Crippen LogP contribution in [0.4, 0.5) is 10.1 Å². The smallest absolute Gasteiger partial charge is 0.258 e. The molecular formula is C32H38FN5O3. The summed E-state index contributed by atoms with van der Waals surface area (Å²) in [5, 5.41) is 8.50. The Morgan fingerprint density at radius 2 is 1.71 bits per heavy atom. The maximum Gasteiger partial charge on any atom is 0.258 e. The lowest BCUT2D eigenvalue weighted by atomic mass is 9.41. The van der Waals surface area contributed by atoms with E-state index >= 15 is 0 Å². The minimum atomic E-state index is -1.13. The fourth-order valence-corrected chi connectivity index (χ4v) is 8.02. The number of rotatable bonds is 7. The molecule has 0 aliphatic heterocycles. The van der Waals surface area contributed by atoms with Crippen LogP contribution >= 0.6 is 0 Å². The third kappa shape index (κ3) is 4.01. The Labute approximate surface area is 239 Å². The minimum absolute atomic E-state index is 0.0147. The van der Waals surface area contributed by atoms with Gasteiger partial charge in [-0.3, -0.25) is 4.79 Å². The van der Waals surface area contributed by atoms with E-state index in [1.165, 1.54) is 0 Å². The van der Waals surface area contributed by atoms with E-state index in [-0.39, 0.29) is 22.2 Å². The highest BCUT2D eigenvalue weighted by molar-refractivity contribution is 6.00. The van der Waals surface area contributed by atoms with Crippen LogP contribution in [0.2, 0.25) is 0 Å². The monoisotopic (exact) mass is 559 g/mol. The molecule has 2 aromatic heterocycles. The average molecular weight is 560 g/mol. The number of aromatic nitrogens is 4. The molecule has 0 N–H and O–H groups in total. The second kappa shape index (κ2) is 8.26. The van der Waals surface area contributed by atoms with Crippen LogP contribution in [0, 0.1) is 10.8 Å². The molecule has 0 spiro atoms. The summed E-state index contributed by atoms with van der Waals surface area (Å²) in [5.74, 6) is 3.27. The van der Waals surface area contributed by atoms with Crippen LogP contribution in [0.5, 0.6) is 0 Å². The van der Waals surface area contributed by atoms with Crippen LogP contribution in [-0.2, 0) is 15.6 Å². The van der Waals surface area contributed by atoms with Gasteiger partial charge in [-0.15, -0.1) is 0 Å². The van der Waals surface area contributed by atoms with Crippen molar-refractivity contribution in [1.29, 1.82) is 0 Å². The second-order valence-electron chi connectivity index (χ2n) is 15.1. The number of anilines is 1. The molecule has 216 valence electrons. The summed E-state index contributed by atoms with van der Waals surface area (Å²) in [6.45, 7) is 6.95. The molecule has 0 radical (unpaired) electrons. The molecule has 9 heteroatoms. The van der Waals surface area contributed by atoms with Crippen LogP contribution in [0.15, 0.2) is 33.3 Å². The standard InChI is InChI=1S/C32H38FN5O3/c1-28(2,3)25-35-26(41-37-25)30-12-9-29(10-13-30,11-14-30)19-38(27(39)31-16-32(33,17-31)18-31)22-6-4-5-21(15-22)24-34-23(36-40-24)20-7-8-20/h4-6,15,20H,7-14,16-19H2,1-3H3. The number of alkyl halides is 1. The molecule has 2 heterocycles. The Hall–Kier alpha value is -3.10. The second-order valence-corrected chi connectivity index (χ2v) is 15.1. The number of fused-ring (bicyclic) bond motifs is 3. The first-order valence-corrected chi connectivity index (χ1v) is 15.3. The first-order chi connectivity index (χ1) is 19.5. The van der Waals surface area contributed by atoms with E-state index in [4.69, 9.17) is 14.0 Å². The van der Waals surface area contributed by atoms with E-state index in [9.17, 15) is 9.18 Å². The summed E-state index contributed by atoms with van der Waals surface area (Å²) < 4.78 is 26.0. The molecule has 4 bridgehead atoms. The number of hydrogen-bond donors (Lipinski definition) is 0. The third-order valence-corrected chi connectivity index (χ3v) is 10.9.